The average molecular weight is 583 g/mol. The zero-order valence-electron chi connectivity index (χ0n) is 20.4. The number of hydrogen-bond acceptors (Lipinski definition) is 6. The number of carbonyl (C=O) groups is 1. The van der Waals surface area contributed by atoms with Crippen molar-refractivity contribution in [1.82, 2.24) is 15.3 Å². The largest absolute Gasteiger partial charge is 0.497 e. The first-order valence-electron chi connectivity index (χ1n) is 11.6. The molecule has 2 aromatic heterocycles. The number of nitrogens with zero attached hydrogens (tertiary/aromatic N) is 1. The van der Waals surface area contributed by atoms with Gasteiger partial charge in [-0.15, -0.1) is 0 Å². The zero-order chi connectivity index (χ0) is 27.4. The second-order valence-electron chi connectivity index (χ2n) is 8.27. The molecule has 11 heteroatoms. The number of benzene rings is 3. The van der Waals surface area contributed by atoms with E-state index >= 15 is 4.39 Å². The van der Waals surface area contributed by atoms with Crippen molar-refractivity contribution in [3.63, 3.8) is 0 Å². The van der Waals surface area contributed by atoms with Crippen molar-refractivity contribution in [3.8, 4) is 17.4 Å². The molecule has 7 nitrogen and oxygen atoms in total. The van der Waals surface area contributed by atoms with Crippen LogP contribution >= 0.6 is 35.1 Å². The van der Waals surface area contributed by atoms with Gasteiger partial charge in [0.25, 0.3) is 5.91 Å². The van der Waals surface area contributed by atoms with Gasteiger partial charge >= 0.3 is 0 Å². The molecule has 0 aliphatic rings. The molecule has 0 fully saturated rings. The van der Waals surface area contributed by atoms with Crippen molar-refractivity contribution in [2.24, 2.45) is 0 Å². The summed E-state index contributed by atoms with van der Waals surface area (Å²) in [5.74, 6) is 0.466. The van der Waals surface area contributed by atoms with Crippen molar-refractivity contribution in [2.75, 3.05) is 11.8 Å². The number of amides is 1. The molecule has 5 rings (SSSR count). The summed E-state index contributed by atoms with van der Waals surface area (Å²) in [5.41, 5.74) is 2.02. The first-order valence-corrected chi connectivity index (χ1v) is 13.2. The number of rotatable bonds is 9. The van der Waals surface area contributed by atoms with Crippen molar-refractivity contribution >= 4 is 57.6 Å². The van der Waals surface area contributed by atoms with Gasteiger partial charge in [0.2, 0.25) is 5.88 Å². The van der Waals surface area contributed by atoms with Crippen LogP contribution in [0, 0.1) is 5.82 Å². The van der Waals surface area contributed by atoms with Crippen LogP contribution in [0.3, 0.4) is 0 Å². The highest BCUT2D eigenvalue weighted by molar-refractivity contribution is 8.00. The van der Waals surface area contributed by atoms with Crippen LogP contribution < -0.4 is 19.5 Å². The third-order valence-corrected chi connectivity index (χ3v) is 7.20. The Morgan fingerprint density at radius 1 is 1.05 bits per heavy atom. The topological polar surface area (TPSA) is 88.3 Å². The minimum Gasteiger partial charge on any atom is -0.497 e. The molecule has 0 atom stereocenters. The number of methoxy groups -OCH3 is 1. The van der Waals surface area contributed by atoms with E-state index in [-0.39, 0.29) is 17.0 Å². The molecule has 0 saturated heterocycles. The van der Waals surface area contributed by atoms with E-state index in [1.54, 1.807) is 68.0 Å². The number of fused-ring (bicyclic) bond motifs is 1. The molecular formula is C28H21Cl2FN4O3S. The first kappa shape index (κ1) is 26.7. The lowest BCUT2D eigenvalue weighted by Crippen LogP contribution is -2.24. The van der Waals surface area contributed by atoms with Crippen LogP contribution in [-0.2, 0) is 6.54 Å². The van der Waals surface area contributed by atoms with Gasteiger partial charge in [0.05, 0.1) is 38.8 Å². The van der Waals surface area contributed by atoms with Crippen LogP contribution in [0.15, 0.2) is 84.0 Å². The lowest BCUT2D eigenvalue weighted by molar-refractivity contribution is 0.0946. The summed E-state index contributed by atoms with van der Waals surface area (Å²) < 4.78 is 29.3. The minimum atomic E-state index is -0.637. The normalized spacial score (nSPS) is 10.9. The predicted octanol–water partition coefficient (Wildman–Crippen LogP) is 7.86. The molecule has 0 unspecified atom stereocenters. The number of aromatic nitrogens is 2. The minimum absolute atomic E-state index is 0.0723. The molecule has 3 N–H and O–H groups in total. The lowest BCUT2D eigenvalue weighted by Gasteiger charge is -2.11. The van der Waals surface area contributed by atoms with Crippen LogP contribution in [0.1, 0.15) is 15.9 Å². The van der Waals surface area contributed by atoms with Gasteiger partial charge in [-0.05, 0) is 53.9 Å². The van der Waals surface area contributed by atoms with E-state index in [9.17, 15) is 4.79 Å². The maximum absolute atomic E-state index is 15.2. The van der Waals surface area contributed by atoms with Crippen LogP contribution in [0.5, 0.6) is 17.4 Å². The van der Waals surface area contributed by atoms with Crippen LogP contribution in [0.25, 0.3) is 10.9 Å². The summed E-state index contributed by atoms with van der Waals surface area (Å²) in [6.07, 6.45) is 3.22. The SMILES string of the molecule is COc1cccc(Oc2ccc(CNC(=O)c3cccc(SNc4ccc(Cl)c5c(Cl)c[nH]c45)c3F)cn2)c1. The van der Waals surface area contributed by atoms with E-state index in [1.165, 1.54) is 6.07 Å². The van der Waals surface area contributed by atoms with Crippen LogP contribution in [-0.4, -0.2) is 23.0 Å². The van der Waals surface area contributed by atoms with Gasteiger partial charge in [-0.2, -0.15) is 0 Å². The molecule has 0 aliphatic carbocycles. The summed E-state index contributed by atoms with van der Waals surface area (Å²) >= 11 is 13.5. The molecule has 0 spiro atoms. The standard InChI is InChI=1S/C28H21Cl2FN4O3S/c1-37-17-4-2-5-18(12-17)38-24-11-8-16(13-32-24)14-34-28(36)19-6-3-7-23(26(19)31)39-35-22-10-9-20(29)25-21(30)15-33-27(22)25/h2-13,15,33,35H,14H2,1H3,(H,34,36). The molecule has 1 amide bonds. The summed E-state index contributed by atoms with van der Waals surface area (Å²) in [5, 5.41) is 4.40. The third kappa shape index (κ3) is 6.06. The fraction of sp³-hybridized carbons (Fsp3) is 0.0714. The average Bonchev–Trinajstić information content (AvgIpc) is 3.35. The Balaban J connectivity index is 1.21. The smallest absolute Gasteiger partial charge is 0.254 e. The monoisotopic (exact) mass is 582 g/mol. The number of ether oxygens (including phenoxy) is 2. The maximum atomic E-state index is 15.2. The van der Waals surface area contributed by atoms with Gasteiger partial charge in [0.1, 0.15) is 11.5 Å². The highest BCUT2D eigenvalue weighted by Crippen LogP contribution is 2.36. The van der Waals surface area contributed by atoms with Gasteiger partial charge in [-0.25, -0.2) is 9.37 Å². The molecule has 5 aromatic rings. The second kappa shape index (κ2) is 11.9. The number of anilines is 1. The van der Waals surface area contributed by atoms with E-state index in [4.69, 9.17) is 32.7 Å². The molecule has 3 aromatic carbocycles. The van der Waals surface area contributed by atoms with Gasteiger partial charge in [-0.3, -0.25) is 4.79 Å². The number of hydrogen-bond donors (Lipinski definition) is 3. The Bertz CT molecular complexity index is 1650. The molecule has 0 bridgehead atoms. The van der Waals surface area contributed by atoms with E-state index in [2.05, 4.69) is 20.0 Å². The number of H-pyrrole nitrogens is 1. The van der Waals surface area contributed by atoms with Crippen molar-refractivity contribution < 1.29 is 18.7 Å². The van der Waals surface area contributed by atoms with Crippen LogP contribution in [0.2, 0.25) is 10.0 Å². The Morgan fingerprint density at radius 3 is 2.67 bits per heavy atom. The molecule has 0 radical (unpaired) electrons. The summed E-state index contributed by atoms with van der Waals surface area (Å²) in [6, 6.07) is 18.7. The zero-order valence-corrected chi connectivity index (χ0v) is 22.8. The number of nitrogens with one attached hydrogen (secondary N) is 3. The van der Waals surface area contributed by atoms with Crippen molar-refractivity contribution in [3.05, 3.63) is 106 Å². The van der Waals surface area contributed by atoms with E-state index < -0.39 is 11.7 Å². The number of aromatic amines is 1. The summed E-state index contributed by atoms with van der Waals surface area (Å²) in [6.45, 7) is 0.163. The number of halogens is 3. The summed E-state index contributed by atoms with van der Waals surface area (Å²) in [7, 11) is 1.58. The molecule has 2 heterocycles. The quantitative estimate of drug-likeness (QED) is 0.153. The first-order chi connectivity index (χ1) is 18.9. The fourth-order valence-corrected chi connectivity index (χ4v) is 5.06. The Labute approximate surface area is 237 Å². The lowest BCUT2D eigenvalue weighted by atomic mass is 10.2. The van der Waals surface area contributed by atoms with Crippen molar-refractivity contribution in [1.29, 1.82) is 0 Å². The Morgan fingerprint density at radius 2 is 1.87 bits per heavy atom. The van der Waals surface area contributed by atoms with Gasteiger partial charge in [0.15, 0.2) is 5.82 Å². The second-order valence-corrected chi connectivity index (χ2v) is 9.93. The molecular weight excluding hydrogens is 562 g/mol. The molecule has 39 heavy (non-hydrogen) atoms. The van der Waals surface area contributed by atoms with E-state index in [1.807, 2.05) is 12.1 Å². The van der Waals surface area contributed by atoms with Crippen molar-refractivity contribution in [2.45, 2.75) is 11.4 Å². The van der Waals surface area contributed by atoms with Gasteiger partial charge < -0.3 is 24.5 Å². The van der Waals surface area contributed by atoms with E-state index in [0.29, 0.717) is 44.0 Å². The highest BCUT2D eigenvalue weighted by atomic mass is 35.5. The number of carbonyl (C=O) groups excluding carboxylic acids is 1. The fourth-order valence-electron chi connectivity index (χ4n) is 3.77. The number of pyridine rings is 1. The molecule has 0 aliphatic heterocycles. The van der Waals surface area contributed by atoms with Crippen LogP contribution in [0.4, 0.5) is 10.1 Å². The highest BCUT2D eigenvalue weighted by Gasteiger charge is 2.17. The van der Waals surface area contributed by atoms with Gasteiger partial charge in [0, 0.05) is 36.5 Å². The van der Waals surface area contributed by atoms with Gasteiger partial charge in [-0.1, -0.05) is 41.4 Å². The molecule has 198 valence electrons. The third-order valence-electron chi connectivity index (χ3n) is 5.73. The maximum Gasteiger partial charge on any atom is 0.254 e. The van der Waals surface area contributed by atoms with E-state index in [0.717, 1.165) is 17.5 Å². The Hall–Kier alpha value is -3.92. The Kier molecular flexibility index (Phi) is 8.11. The predicted molar refractivity (Wildman–Crippen MR) is 153 cm³/mol. The molecule has 0 saturated carbocycles. The summed E-state index contributed by atoms with van der Waals surface area (Å²) in [4.78, 5) is 20.4.